The summed E-state index contributed by atoms with van der Waals surface area (Å²) in [4.78, 5) is 30.5. The number of ether oxygens (including phenoxy) is 1. The Hall–Kier alpha value is -2.84. The molecule has 0 atom stereocenters. The van der Waals surface area contributed by atoms with Gasteiger partial charge in [0.05, 0.1) is 31.5 Å². The minimum Gasteiger partial charge on any atom is -0.439 e. The van der Waals surface area contributed by atoms with Gasteiger partial charge in [-0.2, -0.15) is 0 Å². The minimum atomic E-state index is 0.146. The van der Waals surface area contributed by atoms with E-state index in [0.717, 1.165) is 74.4 Å². The number of rotatable bonds is 4. The van der Waals surface area contributed by atoms with Crippen LogP contribution in [0.1, 0.15) is 24.4 Å². The zero-order valence-corrected chi connectivity index (χ0v) is 17.8. The Balaban J connectivity index is 1.24. The molecule has 0 radical (unpaired) electrons. The first-order valence-electron chi connectivity index (χ1n) is 10.9. The average molecular weight is 422 g/mol. The third-order valence-corrected chi connectivity index (χ3v) is 6.25. The number of carbonyl (C=O) groups is 1. The summed E-state index contributed by atoms with van der Waals surface area (Å²) in [7, 11) is 0. The average Bonchev–Trinajstić information content (AvgIpc) is 3.25. The van der Waals surface area contributed by atoms with Crippen molar-refractivity contribution in [2.75, 3.05) is 39.4 Å². The maximum atomic E-state index is 12.9. The van der Waals surface area contributed by atoms with Gasteiger partial charge < -0.3 is 14.1 Å². The number of aromatic nitrogens is 3. The van der Waals surface area contributed by atoms with Crippen molar-refractivity contribution < 1.29 is 13.9 Å². The molecule has 3 aromatic rings. The molecule has 0 spiro atoms. The predicted octanol–water partition coefficient (Wildman–Crippen LogP) is 2.46. The van der Waals surface area contributed by atoms with Crippen molar-refractivity contribution in [1.82, 2.24) is 24.8 Å². The first-order valence-corrected chi connectivity index (χ1v) is 10.9. The smallest absolute Gasteiger partial charge is 0.228 e. The van der Waals surface area contributed by atoms with Gasteiger partial charge in [-0.15, -0.1) is 0 Å². The summed E-state index contributed by atoms with van der Waals surface area (Å²) in [5.41, 5.74) is 1.50. The van der Waals surface area contributed by atoms with E-state index in [-0.39, 0.29) is 5.91 Å². The Bertz CT molecular complexity index is 1070. The summed E-state index contributed by atoms with van der Waals surface area (Å²) in [6, 6.07) is 4.50. The van der Waals surface area contributed by atoms with E-state index < -0.39 is 0 Å². The second kappa shape index (κ2) is 8.72. The lowest BCUT2D eigenvalue weighted by molar-refractivity contribution is -0.132. The van der Waals surface area contributed by atoms with Gasteiger partial charge in [0.25, 0.3) is 0 Å². The molecule has 162 valence electrons. The fraction of sp³-hybridized carbons (Fsp3) is 0.478. The molecule has 0 aliphatic carbocycles. The number of aryl methyl sites for hydroxylation is 1. The molecule has 1 amide bonds. The number of piperidine rings is 1. The van der Waals surface area contributed by atoms with Gasteiger partial charge in [0.2, 0.25) is 5.91 Å². The van der Waals surface area contributed by atoms with Crippen LogP contribution in [0.3, 0.4) is 0 Å². The lowest BCUT2D eigenvalue weighted by Crippen LogP contribution is -2.50. The van der Waals surface area contributed by atoms with Crippen molar-refractivity contribution in [1.29, 1.82) is 0 Å². The molecule has 2 aliphatic rings. The van der Waals surface area contributed by atoms with E-state index in [0.29, 0.717) is 24.1 Å². The highest BCUT2D eigenvalue weighted by Gasteiger charge is 2.27. The van der Waals surface area contributed by atoms with Crippen molar-refractivity contribution in [3.8, 4) is 11.5 Å². The number of carbonyl (C=O) groups excluding carboxylic acids is 1. The Labute approximate surface area is 181 Å². The van der Waals surface area contributed by atoms with E-state index in [1.807, 2.05) is 24.0 Å². The maximum absolute atomic E-state index is 12.9. The molecule has 0 saturated carbocycles. The third-order valence-electron chi connectivity index (χ3n) is 6.25. The number of pyridine rings is 2. The summed E-state index contributed by atoms with van der Waals surface area (Å²) >= 11 is 0. The first-order chi connectivity index (χ1) is 15.2. The van der Waals surface area contributed by atoms with Crippen LogP contribution >= 0.6 is 0 Å². The highest BCUT2D eigenvalue weighted by Crippen LogP contribution is 2.23. The summed E-state index contributed by atoms with van der Waals surface area (Å²) in [6.07, 6.45) is 7.61. The summed E-state index contributed by atoms with van der Waals surface area (Å²) in [5.74, 6) is 1.39. The van der Waals surface area contributed by atoms with Crippen LogP contribution in [0.25, 0.3) is 22.2 Å². The van der Waals surface area contributed by atoms with Gasteiger partial charge in [-0.3, -0.25) is 19.7 Å². The van der Waals surface area contributed by atoms with Crippen LogP contribution in [-0.4, -0.2) is 76.1 Å². The van der Waals surface area contributed by atoms with Gasteiger partial charge in [-0.05, 0) is 30.4 Å². The van der Waals surface area contributed by atoms with Gasteiger partial charge in [0, 0.05) is 56.9 Å². The normalized spacial score (nSPS) is 18.5. The van der Waals surface area contributed by atoms with Crippen molar-refractivity contribution in [3.63, 3.8) is 0 Å². The number of amides is 1. The number of hydrogen-bond donors (Lipinski definition) is 0. The SMILES string of the molecule is Cc1ncc(-c2cc3cc(CC(=O)N4CCC(N5CCOCC5)CC4)ncc3cn2)o1. The molecule has 8 nitrogen and oxygen atoms in total. The number of fused-ring (bicyclic) bond motifs is 1. The number of hydrogen-bond acceptors (Lipinski definition) is 7. The molecule has 3 aromatic heterocycles. The van der Waals surface area contributed by atoms with Crippen LogP contribution in [-0.2, 0) is 16.0 Å². The van der Waals surface area contributed by atoms with E-state index in [1.54, 1.807) is 18.6 Å². The summed E-state index contributed by atoms with van der Waals surface area (Å²) in [6.45, 7) is 7.08. The zero-order chi connectivity index (χ0) is 21.2. The van der Waals surface area contributed by atoms with E-state index in [4.69, 9.17) is 9.15 Å². The van der Waals surface area contributed by atoms with E-state index >= 15 is 0 Å². The second-order valence-corrected chi connectivity index (χ2v) is 8.27. The van der Waals surface area contributed by atoms with Crippen LogP contribution in [0.5, 0.6) is 0 Å². The minimum absolute atomic E-state index is 0.146. The van der Waals surface area contributed by atoms with Gasteiger partial charge in [0.15, 0.2) is 11.7 Å². The van der Waals surface area contributed by atoms with Crippen molar-refractivity contribution in [3.05, 3.63) is 42.3 Å². The van der Waals surface area contributed by atoms with Crippen LogP contribution in [0.2, 0.25) is 0 Å². The maximum Gasteiger partial charge on any atom is 0.228 e. The monoisotopic (exact) mass is 421 g/mol. The number of nitrogens with zero attached hydrogens (tertiary/aromatic N) is 5. The Morgan fingerprint density at radius 1 is 1.00 bits per heavy atom. The summed E-state index contributed by atoms with van der Waals surface area (Å²) in [5, 5.41) is 1.92. The number of oxazole rings is 1. The Morgan fingerprint density at radius 2 is 1.77 bits per heavy atom. The third kappa shape index (κ3) is 4.45. The molecule has 0 aromatic carbocycles. The quantitative estimate of drug-likeness (QED) is 0.640. The molecule has 0 N–H and O–H groups in total. The molecule has 31 heavy (non-hydrogen) atoms. The predicted molar refractivity (Wildman–Crippen MR) is 115 cm³/mol. The lowest BCUT2D eigenvalue weighted by atomic mass is 10.0. The molecule has 2 fully saturated rings. The van der Waals surface area contributed by atoms with Crippen molar-refractivity contribution in [2.45, 2.75) is 32.2 Å². The van der Waals surface area contributed by atoms with E-state index in [9.17, 15) is 4.79 Å². The molecular weight excluding hydrogens is 394 g/mol. The molecule has 2 aliphatic heterocycles. The fourth-order valence-corrected chi connectivity index (χ4v) is 4.48. The van der Waals surface area contributed by atoms with Crippen LogP contribution in [0, 0.1) is 6.92 Å². The molecule has 0 bridgehead atoms. The van der Waals surface area contributed by atoms with Crippen LogP contribution < -0.4 is 0 Å². The molecule has 5 rings (SSSR count). The van der Waals surface area contributed by atoms with E-state index in [2.05, 4.69) is 19.9 Å². The molecule has 0 unspecified atom stereocenters. The molecule has 2 saturated heterocycles. The molecular formula is C23H27N5O3. The van der Waals surface area contributed by atoms with Gasteiger partial charge in [-0.1, -0.05) is 0 Å². The zero-order valence-electron chi connectivity index (χ0n) is 17.8. The summed E-state index contributed by atoms with van der Waals surface area (Å²) < 4.78 is 11.0. The van der Waals surface area contributed by atoms with Crippen molar-refractivity contribution >= 4 is 16.7 Å². The fourth-order valence-electron chi connectivity index (χ4n) is 4.48. The standard InChI is InChI=1S/C23H27N5O3/c1-16-24-15-22(31-16)21-11-17-10-19(25-13-18(17)14-26-21)12-23(29)28-4-2-20(3-5-28)27-6-8-30-9-7-27/h10-11,13-15,20H,2-9,12H2,1H3. The largest absolute Gasteiger partial charge is 0.439 e. The number of likely N-dealkylation sites (tertiary alicyclic amines) is 1. The number of morpholine rings is 1. The highest BCUT2D eigenvalue weighted by molar-refractivity contribution is 5.85. The second-order valence-electron chi connectivity index (χ2n) is 8.27. The van der Waals surface area contributed by atoms with Gasteiger partial charge >= 0.3 is 0 Å². The van der Waals surface area contributed by atoms with E-state index in [1.165, 1.54) is 0 Å². The van der Waals surface area contributed by atoms with Crippen molar-refractivity contribution in [2.24, 2.45) is 0 Å². The van der Waals surface area contributed by atoms with Gasteiger partial charge in [0.1, 0.15) is 5.69 Å². The van der Waals surface area contributed by atoms with Crippen LogP contribution in [0.15, 0.2) is 35.1 Å². The molecule has 8 heteroatoms. The Kier molecular flexibility index (Phi) is 5.65. The Morgan fingerprint density at radius 3 is 2.52 bits per heavy atom. The highest BCUT2D eigenvalue weighted by atomic mass is 16.5. The molecule has 5 heterocycles. The van der Waals surface area contributed by atoms with Crippen LogP contribution in [0.4, 0.5) is 0 Å². The topological polar surface area (TPSA) is 84.6 Å². The lowest BCUT2D eigenvalue weighted by Gasteiger charge is -2.40. The van der Waals surface area contributed by atoms with Gasteiger partial charge in [-0.25, -0.2) is 4.98 Å². The first kappa shape index (κ1) is 20.1.